The highest BCUT2D eigenvalue weighted by atomic mass is 14.2. The highest BCUT2D eigenvalue weighted by Crippen LogP contribution is 2.38. The van der Waals surface area contributed by atoms with Gasteiger partial charge < -0.3 is 0 Å². The molecule has 4 rings (SSSR count). The average Bonchev–Trinajstić information content (AvgIpc) is 2.88. The Morgan fingerprint density at radius 2 is 1.22 bits per heavy atom. The maximum Gasteiger partial charge on any atom is -0.00543 e. The molecule has 0 radical (unpaired) electrons. The predicted octanol–water partition coefficient (Wildman–Crippen LogP) is 4.76. The van der Waals surface area contributed by atoms with Crippen molar-refractivity contribution in [2.24, 2.45) is 0 Å². The Bertz CT molecular complexity index is 681. The Labute approximate surface area is 108 Å². The van der Waals surface area contributed by atoms with Crippen LogP contribution in [0.5, 0.6) is 0 Å². The van der Waals surface area contributed by atoms with E-state index in [2.05, 4.69) is 50.3 Å². The second kappa shape index (κ2) is 3.35. The van der Waals surface area contributed by atoms with E-state index in [4.69, 9.17) is 0 Å². The molecule has 0 heteroatoms. The molecule has 0 fully saturated rings. The molecule has 2 aliphatic rings. The van der Waals surface area contributed by atoms with Crippen molar-refractivity contribution in [2.45, 2.75) is 26.7 Å². The van der Waals surface area contributed by atoms with Crippen molar-refractivity contribution in [1.29, 1.82) is 0 Å². The first-order valence-corrected chi connectivity index (χ1v) is 6.64. The molecule has 0 aromatic heterocycles. The Balaban J connectivity index is 2.08. The third-order valence-electron chi connectivity index (χ3n) is 4.19. The van der Waals surface area contributed by atoms with E-state index in [9.17, 15) is 0 Å². The molecule has 2 aliphatic carbocycles. The molecule has 0 N–H and O–H groups in total. The zero-order valence-corrected chi connectivity index (χ0v) is 10.9. The lowest BCUT2D eigenvalue weighted by Crippen LogP contribution is -1.93. The zero-order valence-electron chi connectivity index (χ0n) is 10.9. The van der Waals surface area contributed by atoms with E-state index in [0.29, 0.717) is 0 Å². The third kappa shape index (κ3) is 1.26. The van der Waals surface area contributed by atoms with E-state index in [1.807, 2.05) is 0 Å². The van der Waals surface area contributed by atoms with Crippen LogP contribution in [0.1, 0.15) is 36.1 Å². The van der Waals surface area contributed by atoms with E-state index >= 15 is 0 Å². The van der Waals surface area contributed by atoms with E-state index in [-0.39, 0.29) is 0 Å². The second-order valence-corrected chi connectivity index (χ2v) is 5.70. The number of allylic oxidation sites excluding steroid dienone is 2. The normalized spacial score (nSPS) is 16.6. The first-order chi connectivity index (χ1) is 8.72. The quantitative estimate of drug-likeness (QED) is 0.614. The predicted molar refractivity (Wildman–Crippen MR) is 78.7 cm³/mol. The molecule has 88 valence electrons. The van der Waals surface area contributed by atoms with Gasteiger partial charge in [0.1, 0.15) is 0 Å². The molecular weight excluding hydrogens is 216 g/mol. The highest BCUT2D eigenvalue weighted by Gasteiger charge is 2.19. The molecule has 18 heavy (non-hydrogen) atoms. The molecule has 0 spiro atoms. The summed E-state index contributed by atoms with van der Waals surface area (Å²) in [6.45, 7) is 4.47. The highest BCUT2D eigenvalue weighted by molar-refractivity contribution is 5.96. The number of fused-ring (bicyclic) bond motifs is 5. The summed E-state index contributed by atoms with van der Waals surface area (Å²) in [5, 5.41) is 2.92. The molecule has 2 aromatic carbocycles. The van der Waals surface area contributed by atoms with Gasteiger partial charge >= 0.3 is 0 Å². The van der Waals surface area contributed by atoms with Crippen LogP contribution < -0.4 is 0 Å². The third-order valence-corrected chi connectivity index (χ3v) is 4.19. The Morgan fingerprint density at radius 1 is 0.722 bits per heavy atom. The summed E-state index contributed by atoms with van der Waals surface area (Å²) in [6, 6.07) is 9.10. The smallest absolute Gasteiger partial charge is 0.00543 e. The number of hydrogen-bond acceptors (Lipinski definition) is 0. The molecule has 0 saturated heterocycles. The van der Waals surface area contributed by atoms with Crippen LogP contribution in [0.3, 0.4) is 0 Å². The summed E-state index contributed by atoms with van der Waals surface area (Å²) in [7, 11) is 0. The first-order valence-electron chi connectivity index (χ1n) is 6.64. The summed E-state index contributed by atoms with van der Waals surface area (Å²) in [5.41, 5.74) is 8.92. The van der Waals surface area contributed by atoms with Gasteiger partial charge in [-0.25, -0.2) is 0 Å². The maximum absolute atomic E-state index is 2.34. The summed E-state index contributed by atoms with van der Waals surface area (Å²) in [6.07, 6.45) is 6.93. The number of benzene rings is 2. The molecule has 0 nitrogen and oxygen atoms in total. The molecule has 0 saturated carbocycles. The largest absolute Gasteiger partial charge is 0.0683 e. The average molecular weight is 232 g/mol. The minimum Gasteiger partial charge on any atom is -0.0683 e. The van der Waals surface area contributed by atoms with Crippen LogP contribution >= 0.6 is 0 Å². The molecule has 0 atom stereocenters. The maximum atomic E-state index is 2.34. The first kappa shape index (κ1) is 10.1. The van der Waals surface area contributed by atoms with Gasteiger partial charge in [-0.3, -0.25) is 0 Å². The van der Waals surface area contributed by atoms with Crippen LogP contribution in [0.25, 0.3) is 22.9 Å². The second-order valence-electron chi connectivity index (χ2n) is 5.70. The van der Waals surface area contributed by atoms with Crippen molar-refractivity contribution in [3.63, 3.8) is 0 Å². The van der Waals surface area contributed by atoms with Crippen LogP contribution in [0.2, 0.25) is 0 Å². The summed E-state index contributed by atoms with van der Waals surface area (Å²) in [5.74, 6) is 0. The summed E-state index contributed by atoms with van der Waals surface area (Å²) < 4.78 is 0. The molecule has 0 amide bonds. The van der Waals surface area contributed by atoms with Crippen molar-refractivity contribution < 1.29 is 0 Å². The van der Waals surface area contributed by atoms with Gasteiger partial charge in [-0.15, -0.1) is 0 Å². The van der Waals surface area contributed by atoms with Gasteiger partial charge in [0, 0.05) is 0 Å². The van der Waals surface area contributed by atoms with Gasteiger partial charge in [0.2, 0.25) is 0 Å². The van der Waals surface area contributed by atoms with E-state index in [1.54, 1.807) is 11.1 Å². The van der Waals surface area contributed by atoms with Crippen molar-refractivity contribution in [1.82, 2.24) is 0 Å². The lowest BCUT2D eigenvalue weighted by atomic mass is 9.93. The van der Waals surface area contributed by atoms with Crippen molar-refractivity contribution in [2.75, 3.05) is 0 Å². The van der Waals surface area contributed by atoms with Crippen LogP contribution in [-0.2, 0) is 12.8 Å². The molecule has 0 unspecified atom stereocenters. The lowest BCUT2D eigenvalue weighted by molar-refractivity contribution is 1.18. The van der Waals surface area contributed by atoms with Crippen molar-refractivity contribution in [3.8, 4) is 0 Å². The fourth-order valence-electron chi connectivity index (χ4n) is 3.44. The SMILES string of the molecule is CC1=Cc2ccc3ccc4c(c3c2C1)CC(C)=C4. The Morgan fingerprint density at radius 3 is 1.72 bits per heavy atom. The van der Waals surface area contributed by atoms with Crippen LogP contribution in [0, 0.1) is 0 Å². The van der Waals surface area contributed by atoms with Crippen molar-refractivity contribution >= 4 is 22.9 Å². The van der Waals surface area contributed by atoms with E-state index in [1.165, 1.54) is 33.0 Å². The van der Waals surface area contributed by atoms with E-state index < -0.39 is 0 Å². The van der Waals surface area contributed by atoms with Gasteiger partial charge in [0.05, 0.1) is 0 Å². The number of hydrogen-bond donors (Lipinski definition) is 0. The minimum absolute atomic E-state index is 1.13. The minimum atomic E-state index is 1.13. The van der Waals surface area contributed by atoms with Gasteiger partial charge in [-0.2, -0.15) is 0 Å². The Hall–Kier alpha value is -1.82. The molecule has 0 aliphatic heterocycles. The zero-order chi connectivity index (χ0) is 12.3. The topological polar surface area (TPSA) is 0 Å². The summed E-state index contributed by atoms with van der Waals surface area (Å²) >= 11 is 0. The van der Waals surface area contributed by atoms with Crippen LogP contribution in [-0.4, -0.2) is 0 Å². The van der Waals surface area contributed by atoms with Crippen LogP contribution in [0.15, 0.2) is 35.4 Å². The monoisotopic (exact) mass is 232 g/mol. The van der Waals surface area contributed by atoms with Gasteiger partial charge in [0.25, 0.3) is 0 Å². The van der Waals surface area contributed by atoms with Crippen molar-refractivity contribution in [3.05, 3.63) is 57.7 Å². The standard InChI is InChI=1S/C18H16/c1-11-7-14-5-3-13-4-6-15-8-12(2)10-17(15)18(13)16(14)9-11/h3-8H,9-10H2,1-2H3. The van der Waals surface area contributed by atoms with E-state index in [0.717, 1.165) is 12.8 Å². The lowest BCUT2D eigenvalue weighted by Gasteiger charge is -2.11. The molecule has 0 bridgehead atoms. The summed E-state index contributed by atoms with van der Waals surface area (Å²) in [4.78, 5) is 0. The van der Waals surface area contributed by atoms with Gasteiger partial charge in [0.15, 0.2) is 0 Å². The fourth-order valence-corrected chi connectivity index (χ4v) is 3.44. The molecule has 0 heterocycles. The van der Waals surface area contributed by atoms with Gasteiger partial charge in [-0.1, -0.05) is 47.6 Å². The number of rotatable bonds is 0. The van der Waals surface area contributed by atoms with Gasteiger partial charge in [-0.05, 0) is 59.7 Å². The Kier molecular flexibility index (Phi) is 1.89. The fraction of sp³-hybridized carbons (Fsp3) is 0.222. The molecular formula is C18H16. The van der Waals surface area contributed by atoms with Crippen LogP contribution in [0.4, 0.5) is 0 Å². The molecule has 2 aromatic rings.